The topological polar surface area (TPSA) is 104 Å². The van der Waals surface area contributed by atoms with E-state index in [1.165, 1.54) is 4.68 Å². The molecule has 0 amide bonds. The number of rotatable bonds is 8. The lowest BCUT2D eigenvalue weighted by Gasteiger charge is -2.21. The summed E-state index contributed by atoms with van der Waals surface area (Å²) in [4.78, 5) is 17.7. The molecule has 0 saturated carbocycles. The molecule has 1 aromatic carbocycles. The van der Waals surface area contributed by atoms with Crippen molar-refractivity contribution in [3.05, 3.63) is 41.2 Å². The summed E-state index contributed by atoms with van der Waals surface area (Å²) in [7, 11) is 1.58. The lowest BCUT2D eigenvalue weighted by molar-refractivity contribution is 0.0508. The maximum absolute atomic E-state index is 13.2. The van der Waals surface area contributed by atoms with E-state index in [-0.39, 0.29) is 30.5 Å². The molecule has 158 valence electrons. The number of hydrogen-bond donors (Lipinski definition) is 2. The highest BCUT2D eigenvalue weighted by atomic mass is 16.5. The average molecular weight is 402 g/mol. The van der Waals surface area contributed by atoms with Gasteiger partial charge in [-0.15, -0.1) is 9.78 Å². The van der Waals surface area contributed by atoms with E-state index in [1.807, 2.05) is 38.1 Å². The molecule has 1 aliphatic heterocycles. The highest BCUT2D eigenvalue weighted by molar-refractivity contribution is 5.84. The van der Waals surface area contributed by atoms with Crippen molar-refractivity contribution in [3.8, 4) is 6.01 Å². The molecular weight excluding hydrogens is 370 g/mol. The molecule has 2 aromatic rings. The second-order valence-electron chi connectivity index (χ2n) is 8.23. The van der Waals surface area contributed by atoms with Crippen LogP contribution in [0.25, 0.3) is 0 Å². The summed E-state index contributed by atoms with van der Waals surface area (Å²) in [6, 6.07) is 8.33. The van der Waals surface area contributed by atoms with Gasteiger partial charge in [0.25, 0.3) is 5.91 Å². The quantitative estimate of drug-likeness (QED) is 0.698. The summed E-state index contributed by atoms with van der Waals surface area (Å²) in [5.74, 6) is 0.587. The first-order valence-corrected chi connectivity index (χ1v) is 10.0. The van der Waals surface area contributed by atoms with Crippen molar-refractivity contribution in [3.63, 3.8) is 0 Å². The first-order valence-electron chi connectivity index (χ1n) is 10.0. The van der Waals surface area contributed by atoms with Gasteiger partial charge in [0.1, 0.15) is 6.61 Å². The highest BCUT2D eigenvalue weighted by Gasteiger charge is 2.35. The Morgan fingerprint density at radius 2 is 2.00 bits per heavy atom. The minimum absolute atomic E-state index is 0.153. The van der Waals surface area contributed by atoms with Gasteiger partial charge in [-0.25, -0.2) is 0 Å². The summed E-state index contributed by atoms with van der Waals surface area (Å²) in [5.41, 5.74) is 6.93. The zero-order chi connectivity index (χ0) is 21.0. The molecule has 0 bridgehead atoms. The van der Waals surface area contributed by atoms with Crippen LogP contribution in [0.2, 0.25) is 0 Å². The molecule has 1 aliphatic rings. The third-order valence-corrected chi connectivity index (χ3v) is 5.35. The fourth-order valence-corrected chi connectivity index (χ4v) is 3.54. The van der Waals surface area contributed by atoms with Crippen LogP contribution in [-0.2, 0) is 17.9 Å². The summed E-state index contributed by atoms with van der Waals surface area (Å²) in [6.07, 6.45) is 0.931. The van der Waals surface area contributed by atoms with Crippen LogP contribution in [0, 0.1) is 5.41 Å². The molecule has 2 heterocycles. The van der Waals surface area contributed by atoms with Crippen LogP contribution in [0.3, 0.4) is 0 Å². The number of methoxy groups -OCH3 is 1. The van der Waals surface area contributed by atoms with Crippen LogP contribution in [-0.4, -0.2) is 47.0 Å². The maximum Gasteiger partial charge on any atom is 0.322 e. The van der Waals surface area contributed by atoms with Crippen LogP contribution in [0.15, 0.2) is 24.3 Å². The lowest BCUT2D eigenvalue weighted by Crippen LogP contribution is -2.35. The Hall–Kier alpha value is -2.29. The number of carbonyl (C=O) groups is 1. The van der Waals surface area contributed by atoms with E-state index in [9.17, 15) is 4.79 Å². The lowest BCUT2D eigenvalue weighted by atomic mass is 9.94. The Balaban J connectivity index is 1.86. The van der Waals surface area contributed by atoms with Crippen LogP contribution < -0.4 is 15.8 Å². The fraction of sp³-hybridized carbons (Fsp3) is 0.571. The van der Waals surface area contributed by atoms with E-state index in [0.29, 0.717) is 19.0 Å². The summed E-state index contributed by atoms with van der Waals surface area (Å²) in [6.45, 7) is 7.74. The fourth-order valence-electron chi connectivity index (χ4n) is 3.54. The van der Waals surface area contributed by atoms with Gasteiger partial charge in [-0.05, 0) is 44.9 Å². The predicted molar refractivity (Wildman–Crippen MR) is 110 cm³/mol. The number of ether oxygens (including phenoxy) is 2. The van der Waals surface area contributed by atoms with Crippen LogP contribution in [0.1, 0.15) is 54.9 Å². The zero-order valence-corrected chi connectivity index (χ0v) is 17.6. The van der Waals surface area contributed by atoms with Gasteiger partial charge in [-0.1, -0.05) is 24.3 Å². The second kappa shape index (κ2) is 9.02. The summed E-state index contributed by atoms with van der Waals surface area (Å²) in [5, 5.41) is 7.95. The van der Waals surface area contributed by atoms with Crippen molar-refractivity contribution in [1.82, 2.24) is 20.1 Å². The largest absolute Gasteiger partial charge is 0.458 e. The monoisotopic (exact) mass is 401 g/mol. The number of nitrogens with one attached hydrogen (secondary N) is 1. The molecule has 8 heteroatoms. The maximum atomic E-state index is 13.2. The van der Waals surface area contributed by atoms with E-state index in [4.69, 9.17) is 15.2 Å². The van der Waals surface area contributed by atoms with E-state index in [0.717, 1.165) is 24.1 Å². The van der Waals surface area contributed by atoms with Gasteiger partial charge in [0.2, 0.25) is 0 Å². The molecule has 1 fully saturated rings. The number of nitrogens with zero attached hydrogens (tertiary/aromatic N) is 3. The van der Waals surface area contributed by atoms with Crippen molar-refractivity contribution >= 4 is 5.91 Å². The van der Waals surface area contributed by atoms with E-state index in [1.54, 1.807) is 7.11 Å². The number of nitrogens with two attached hydrogens (primary N) is 1. The number of carbonyl (C=O) groups excluding carboxylic acids is 1. The van der Waals surface area contributed by atoms with Gasteiger partial charge >= 0.3 is 6.01 Å². The highest BCUT2D eigenvalue weighted by Crippen LogP contribution is 2.28. The molecule has 2 atom stereocenters. The van der Waals surface area contributed by atoms with Crippen molar-refractivity contribution in [2.24, 2.45) is 11.1 Å². The van der Waals surface area contributed by atoms with Crippen LogP contribution in [0.5, 0.6) is 6.01 Å². The molecule has 8 nitrogen and oxygen atoms in total. The Bertz CT molecular complexity index is 831. The van der Waals surface area contributed by atoms with Gasteiger partial charge in [0.05, 0.1) is 12.0 Å². The normalized spacial score (nSPS) is 19.5. The molecule has 2 unspecified atom stereocenters. The molecule has 1 aromatic heterocycles. The second-order valence-corrected chi connectivity index (χ2v) is 8.23. The molecule has 0 aliphatic carbocycles. The molecule has 1 saturated heterocycles. The van der Waals surface area contributed by atoms with Gasteiger partial charge in [-0.3, -0.25) is 4.79 Å². The van der Waals surface area contributed by atoms with Gasteiger partial charge in [0, 0.05) is 25.6 Å². The van der Waals surface area contributed by atoms with Crippen LogP contribution >= 0.6 is 0 Å². The Labute approximate surface area is 171 Å². The molecule has 3 N–H and O–H groups in total. The van der Waals surface area contributed by atoms with Crippen molar-refractivity contribution < 1.29 is 14.3 Å². The van der Waals surface area contributed by atoms with Crippen molar-refractivity contribution in [2.45, 2.75) is 52.3 Å². The SMILES string of the molecule is COCC(C)(C)C(=O)n1nc(C2CCNC2C)nc1OCc1ccc(CN)cc1. The minimum atomic E-state index is -0.750. The number of aromatic nitrogens is 3. The smallest absolute Gasteiger partial charge is 0.322 e. The third kappa shape index (κ3) is 4.83. The van der Waals surface area contributed by atoms with Gasteiger partial charge < -0.3 is 20.5 Å². The first kappa shape index (κ1) is 21.4. The molecule has 3 rings (SSSR count). The minimum Gasteiger partial charge on any atom is -0.458 e. The van der Waals surface area contributed by atoms with E-state index in [2.05, 4.69) is 22.3 Å². The molecule has 29 heavy (non-hydrogen) atoms. The van der Waals surface area contributed by atoms with Gasteiger partial charge in [0.15, 0.2) is 5.82 Å². The first-order chi connectivity index (χ1) is 13.9. The van der Waals surface area contributed by atoms with Crippen LogP contribution in [0.4, 0.5) is 0 Å². The molecule has 0 spiro atoms. The Kier molecular flexibility index (Phi) is 6.66. The number of hydrogen-bond acceptors (Lipinski definition) is 7. The third-order valence-electron chi connectivity index (χ3n) is 5.35. The Morgan fingerprint density at radius 3 is 2.59 bits per heavy atom. The van der Waals surface area contributed by atoms with Crippen molar-refractivity contribution in [2.75, 3.05) is 20.3 Å². The molecule has 0 radical (unpaired) electrons. The standard InChI is InChI=1S/C21H31N5O3/c1-14-17(9-10-23-14)18-24-20(26(25-18)19(27)21(2,3)13-28-4)29-12-16-7-5-15(11-22)6-8-16/h5-8,14,17,23H,9-13,22H2,1-4H3. The number of benzene rings is 1. The molecular formula is C21H31N5O3. The zero-order valence-electron chi connectivity index (χ0n) is 17.6. The summed E-state index contributed by atoms with van der Waals surface area (Å²) < 4.78 is 12.5. The van der Waals surface area contributed by atoms with Gasteiger partial charge in [-0.2, -0.15) is 4.98 Å². The van der Waals surface area contributed by atoms with E-state index >= 15 is 0 Å². The van der Waals surface area contributed by atoms with Crippen molar-refractivity contribution in [1.29, 1.82) is 0 Å². The average Bonchev–Trinajstić information content (AvgIpc) is 3.32. The van der Waals surface area contributed by atoms with E-state index < -0.39 is 5.41 Å². The summed E-state index contributed by atoms with van der Waals surface area (Å²) >= 11 is 0. The predicted octanol–water partition coefficient (Wildman–Crippen LogP) is 2.09. The Morgan fingerprint density at radius 1 is 1.31 bits per heavy atom.